The Morgan fingerprint density at radius 3 is 3.00 bits per heavy atom. The maximum atomic E-state index is 11.5. The lowest BCUT2D eigenvalue weighted by Crippen LogP contribution is -2.22. The van der Waals surface area contributed by atoms with Crippen molar-refractivity contribution in [3.63, 3.8) is 0 Å². The zero-order valence-electron chi connectivity index (χ0n) is 7.79. The maximum Gasteiger partial charge on any atom is 0.252 e. The molecule has 1 fully saturated rings. The van der Waals surface area contributed by atoms with Gasteiger partial charge in [-0.1, -0.05) is 12.8 Å². The van der Waals surface area contributed by atoms with E-state index in [0.717, 1.165) is 21.5 Å². The first-order valence-electron chi connectivity index (χ1n) is 4.80. The summed E-state index contributed by atoms with van der Waals surface area (Å²) < 4.78 is 1.03. The molecule has 1 aliphatic carbocycles. The zero-order chi connectivity index (χ0) is 10.1. The minimum atomic E-state index is -0.0963. The van der Waals surface area contributed by atoms with E-state index in [2.05, 4.69) is 27.6 Å². The van der Waals surface area contributed by atoms with Crippen molar-refractivity contribution in [2.24, 2.45) is 11.7 Å². The van der Waals surface area contributed by atoms with Crippen molar-refractivity contribution in [3.8, 4) is 0 Å². The van der Waals surface area contributed by atoms with Crippen LogP contribution in [0.5, 0.6) is 0 Å². The molecule has 1 heterocycles. The zero-order valence-corrected chi connectivity index (χ0v) is 9.95. The second-order valence-electron chi connectivity index (χ2n) is 3.89. The Balaban J connectivity index is 2.20. The predicted molar refractivity (Wildman–Crippen MR) is 64.0 cm³/mol. The van der Waals surface area contributed by atoms with Crippen LogP contribution in [0.1, 0.15) is 30.9 Å². The first-order chi connectivity index (χ1) is 6.66. The van der Waals surface area contributed by atoms with Crippen LogP contribution in [0.15, 0.2) is 17.1 Å². The number of hydrogen-bond acceptors (Lipinski definition) is 2. The molecule has 1 atom stereocenters. The lowest BCUT2D eigenvalue weighted by molar-refractivity contribution is 0.591. The van der Waals surface area contributed by atoms with Gasteiger partial charge in [-0.3, -0.25) is 4.79 Å². The number of aromatic nitrogens is 1. The van der Waals surface area contributed by atoms with Crippen LogP contribution in [-0.2, 0) is 0 Å². The van der Waals surface area contributed by atoms with Crippen LogP contribution in [0.2, 0.25) is 0 Å². The van der Waals surface area contributed by atoms with Gasteiger partial charge in [0.25, 0.3) is 5.56 Å². The Morgan fingerprint density at radius 2 is 2.36 bits per heavy atom. The van der Waals surface area contributed by atoms with Gasteiger partial charge in [-0.25, -0.2) is 0 Å². The van der Waals surface area contributed by atoms with Crippen LogP contribution in [0, 0.1) is 9.49 Å². The molecule has 3 N–H and O–H groups in total. The molecule has 3 nitrogen and oxygen atoms in total. The number of pyridine rings is 1. The van der Waals surface area contributed by atoms with E-state index >= 15 is 0 Å². The monoisotopic (exact) mass is 304 g/mol. The summed E-state index contributed by atoms with van der Waals surface area (Å²) in [5.41, 5.74) is 6.67. The van der Waals surface area contributed by atoms with Crippen molar-refractivity contribution in [1.29, 1.82) is 0 Å². The van der Waals surface area contributed by atoms with E-state index in [0.29, 0.717) is 0 Å². The molecule has 0 amide bonds. The SMILES string of the molecule is N[C@H](CC1CC1)c1cc(I)c[nH]c1=O. The van der Waals surface area contributed by atoms with E-state index < -0.39 is 0 Å². The van der Waals surface area contributed by atoms with Crippen LogP contribution in [0.25, 0.3) is 0 Å². The smallest absolute Gasteiger partial charge is 0.252 e. The van der Waals surface area contributed by atoms with Gasteiger partial charge >= 0.3 is 0 Å². The van der Waals surface area contributed by atoms with Gasteiger partial charge in [-0.05, 0) is 41.0 Å². The molecule has 0 saturated heterocycles. The Bertz CT molecular complexity index is 384. The number of aromatic amines is 1. The van der Waals surface area contributed by atoms with Gasteiger partial charge in [0.2, 0.25) is 0 Å². The number of hydrogen-bond donors (Lipinski definition) is 2. The molecule has 1 aromatic rings. The lowest BCUT2D eigenvalue weighted by atomic mass is 10.0. The number of nitrogens with one attached hydrogen (secondary N) is 1. The van der Waals surface area contributed by atoms with Crippen LogP contribution < -0.4 is 11.3 Å². The normalized spacial score (nSPS) is 18.1. The largest absolute Gasteiger partial charge is 0.328 e. The molecule has 76 valence electrons. The highest BCUT2D eigenvalue weighted by molar-refractivity contribution is 14.1. The fraction of sp³-hybridized carbons (Fsp3) is 0.500. The molecule has 1 aromatic heterocycles. The van der Waals surface area contributed by atoms with Gasteiger partial charge in [0.15, 0.2) is 0 Å². The van der Waals surface area contributed by atoms with Crippen molar-refractivity contribution in [1.82, 2.24) is 4.98 Å². The maximum absolute atomic E-state index is 11.5. The van der Waals surface area contributed by atoms with Crippen molar-refractivity contribution in [2.45, 2.75) is 25.3 Å². The highest BCUT2D eigenvalue weighted by Gasteiger charge is 2.25. The first-order valence-corrected chi connectivity index (χ1v) is 5.88. The topological polar surface area (TPSA) is 58.9 Å². The van der Waals surface area contributed by atoms with E-state index in [1.165, 1.54) is 12.8 Å². The molecule has 4 heteroatoms. The van der Waals surface area contributed by atoms with Gasteiger partial charge in [-0.15, -0.1) is 0 Å². The van der Waals surface area contributed by atoms with Gasteiger partial charge in [0.1, 0.15) is 0 Å². The number of rotatable bonds is 3. The summed E-state index contributed by atoms with van der Waals surface area (Å²) in [4.78, 5) is 14.2. The molecule has 0 spiro atoms. The molecule has 0 aromatic carbocycles. The second-order valence-corrected chi connectivity index (χ2v) is 5.13. The summed E-state index contributed by atoms with van der Waals surface area (Å²) in [7, 11) is 0. The fourth-order valence-corrected chi connectivity index (χ4v) is 2.08. The fourth-order valence-electron chi connectivity index (χ4n) is 1.59. The molecule has 1 aliphatic rings. The predicted octanol–water partition coefficient (Wildman–Crippen LogP) is 1.78. The summed E-state index contributed by atoms with van der Waals surface area (Å²) in [6.07, 6.45) is 5.20. The summed E-state index contributed by atoms with van der Waals surface area (Å²) in [6, 6.07) is 1.79. The summed E-state index contributed by atoms with van der Waals surface area (Å²) in [6.45, 7) is 0. The van der Waals surface area contributed by atoms with E-state index in [1.807, 2.05) is 6.07 Å². The Morgan fingerprint density at radius 1 is 1.64 bits per heavy atom. The third kappa shape index (κ3) is 2.36. The standard InChI is InChI=1S/C10H13IN2O/c11-7-4-8(10(14)13-5-7)9(12)3-6-1-2-6/h4-6,9H,1-3,12H2,(H,13,14)/t9-/m1/s1. The van der Waals surface area contributed by atoms with E-state index in [-0.39, 0.29) is 11.6 Å². The Kier molecular flexibility index (Phi) is 2.92. The lowest BCUT2D eigenvalue weighted by Gasteiger charge is -2.10. The van der Waals surface area contributed by atoms with Crippen LogP contribution in [0.3, 0.4) is 0 Å². The van der Waals surface area contributed by atoms with Crippen molar-refractivity contribution >= 4 is 22.6 Å². The van der Waals surface area contributed by atoms with Crippen molar-refractivity contribution in [2.75, 3.05) is 0 Å². The molecule has 0 radical (unpaired) electrons. The number of halogens is 1. The van der Waals surface area contributed by atoms with Crippen molar-refractivity contribution < 1.29 is 0 Å². The average molecular weight is 304 g/mol. The van der Waals surface area contributed by atoms with E-state index in [1.54, 1.807) is 6.20 Å². The minimum Gasteiger partial charge on any atom is -0.328 e. The third-order valence-electron chi connectivity index (χ3n) is 2.58. The third-order valence-corrected chi connectivity index (χ3v) is 3.20. The first kappa shape index (κ1) is 10.2. The van der Waals surface area contributed by atoms with Crippen molar-refractivity contribution in [3.05, 3.63) is 31.8 Å². The summed E-state index contributed by atoms with van der Waals surface area (Å²) >= 11 is 2.18. The van der Waals surface area contributed by atoms with E-state index in [4.69, 9.17) is 5.73 Å². The van der Waals surface area contributed by atoms with E-state index in [9.17, 15) is 4.79 Å². The van der Waals surface area contributed by atoms with Crippen LogP contribution in [0.4, 0.5) is 0 Å². The number of nitrogens with two attached hydrogens (primary N) is 1. The molecule has 0 unspecified atom stereocenters. The van der Waals surface area contributed by atoms with Gasteiger partial charge in [0.05, 0.1) is 0 Å². The molecular formula is C10H13IN2O. The molecular weight excluding hydrogens is 291 g/mol. The molecule has 0 bridgehead atoms. The molecule has 0 aliphatic heterocycles. The average Bonchev–Trinajstić information content (AvgIpc) is 2.93. The number of H-pyrrole nitrogens is 1. The molecule has 2 rings (SSSR count). The summed E-state index contributed by atoms with van der Waals surface area (Å²) in [5, 5.41) is 0. The molecule has 1 saturated carbocycles. The van der Waals surface area contributed by atoms with Crippen LogP contribution in [-0.4, -0.2) is 4.98 Å². The van der Waals surface area contributed by atoms with Crippen LogP contribution >= 0.6 is 22.6 Å². The quantitative estimate of drug-likeness (QED) is 0.836. The Hall–Kier alpha value is -0.360. The summed E-state index contributed by atoms with van der Waals surface area (Å²) in [5.74, 6) is 0.752. The minimum absolute atomic E-state index is 0.0430. The highest BCUT2D eigenvalue weighted by Crippen LogP contribution is 2.36. The van der Waals surface area contributed by atoms with Gasteiger partial charge in [-0.2, -0.15) is 0 Å². The van der Waals surface area contributed by atoms with Gasteiger partial charge < -0.3 is 10.7 Å². The molecule has 14 heavy (non-hydrogen) atoms. The Labute approximate surface area is 96.2 Å². The van der Waals surface area contributed by atoms with Gasteiger partial charge in [0, 0.05) is 21.4 Å². The highest BCUT2D eigenvalue weighted by atomic mass is 127. The second kappa shape index (κ2) is 4.02.